The maximum absolute atomic E-state index is 5.95. The maximum Gasteiger partial charge on any atom is 0.247 e. The van der Waals surface area contributed by atoms with Gasteiger partial charge in [-0.05, 0) is 25.8 Å². The highest BCUT2D eigenvalue weighted by molar-refractivity contribution is 5.56. The van der Waals surface area contributed by atoms with Gasteiger partial charge in [-0.1, -0.05) is 5.16 Å². The van der Waals surface area contributed by atoms with Gasteiger partial charge < -0.3 is 14.7 Å². The zero-order valence-corrected chi connectivity index (χ0v) is 8.36. The van der Waals surface area contributed by atoms with Crippen LogP contribution in [0.1, 0.15) is 24.5 Å². The summed E-state index contributed by atoms with van der Waals surface area (Å²) < 4.78 is 10.3. The lowest BCUT2D eigenvalue weighted by atomic mass is 10.2. The summed E-state index contributed by atoms with van der Waals surface area (Å²) in [5, 5.41) is 3.90. The fraction of sp³-hybridized carbons (Fsp3) is 0.400. The summed E-state index contributed by atoms with van der Waals surface area (Å²) in [6.45, 7) is 1.86. The smallest absolute Gasteiger partial charge is 0.247 e. The summed E-state index contributed by atoms with van der Waals surface area (Å²) in [4.78, 5) is 4.28. The van der Waals surface area contributed by atoms with Crippen LogP contribution in [0.4, 0.5) is 0 Å². The Bertz CT molecular complexity index is 496. The van der Waals surface area contributed by atoms with Crippen LogP contribution < -0.4 is 5.73 Å². The molecule has 1 saturated carbocycles. The van der Waals surface area contributed by atoms with E-state index in [0.29, 0.717) is 11.7 Å². The van der Waals surface area contributed by atoms with Crippen molar-refractivity contribution in [2.24, 2.45) is 5.73 Å². The molecule has 0 spiro atoms. The van der Waals surface area contributed by atoms with Crippen molar-refractivity contribution < 1.29 is 8.94 Å². The SMILES string of the molecule is Cc1occc1-c1noc(C2(N)CC2)n1. The van der Waals surface area contributed by atoms with E-state index in [1.54, 1.807) is 6.26 Å². The molecular weight excluding hydrogens is 194 g/mol. The number of furan rings is 1. The first kappa shape index (κ1) is 8.67. The van der Waals surface area contributed by atoms with Crippen molar-refractivity contribution in [3.8, 4) is 11.4 Å². The van der Waals surface area contributed by atoms with Crippen molar-refractivity contribution >= 4 is 0 Å². The molecule has 0 atom stereocenters. The second kappa shape index (κ2) is 2.70. The molecule has 0 aliphatic heterocycles. The van der Waals surface area contributed by atoms with Gasteiger partial charge in [0.05, 0.1) is 17.4 Å². The zero-order chi connectivity index (χ0) is 10.5. The molecule has 5 heteroatoms. The third-order valence-electron chi connectivity index (χ3n) is 2.74. The Morgan fingerprint density at radius 3 is 2.87 bits per heavy atom. The lowest BCUT2D eigenvalue weighted by Gasteiger charge is -1.97. The van der Waals surface area contributed by atoms with Gasteiger partial charge in [-0.3, -0.25) is 0 Å². The van der Waals surface area contributed by atoms with Gasteiger partial charge in [0.2, 0.25) is 11.7 Å². The maximum atomic E-state index is 5.95. The van der Waals surface area contributed by atoms with Gasteiger partial charge in [0.15, 0.2) is 0 Å². The molecule has 15 heavy (non-hydrogen) atoms. The number of aromatic nitrogens is 2. The van der Waals surface area contributed by atoms with Crippen molar-refractivity contribution in [3.05, 3.63) is 24.0 Å². The lowest BCUT2D eigenvalue weighted by molar-refractivity contribution is 0.348. The van der Waals surface area contributed by atoms with Crippen LogP contribution in [0.25, 0.3) is 11.4 Å². The highest BCUT2D eigenvalue weighted by atomic mass is 16.5. The highest BCUT2D eigenvalue weighted by Crippen LogP contribution is 2.42. The standard InChI is InChI=1S/C10H11N3O2/c1-6-7(2-5-14-6)8-12-9(15-13-8)10(11)3-4-10/h2,5H,3-4,11H2,1H3. The van der Waals surface area contributed by atoms with Gasteiger partial charge in [0.25, 0.3) is 0 Å². The van der Waals surface area contributed by atoms with E-state index in [1.165, 1.54) is 0 Å². The molecule has 0 bridgehead atoms. The molecule has 2 aromatic heterocycles. The fourth-order valence-corrected chi connectivity index (χ4v) is 1.50. The van der Waals surface area contributed by atoms with Crippen LogP contribution >= 0.6 is 0 Å². The topological polar surface area (TPSA) is 78.1 Å². The average molecular weight is 205 g/mol. The Balaban J connectivity index is 2.01. The summed E-state index contributed by atoms with van der Waals surface area (Å²) in [5.74, 6) is 1.86. The van der Waals surface area contributed by atoms with Crippen LogP contribution in [0, 0.1) is 6.92 Å². The molecule has 3 rings (SSSR count). The fourth-order valence-electron chi connectivity index (χ4n) is 1.50. The molecule has 2 aromatic rings. The second-order valence-electron chi connectivity index (χ2n) is 3.97. The molecule has 1 fully saturated rings. The predicted octanol–water partition coefficient (Wildman–Crippen LogP) is 1.59. The van der Waals surface area contributed by atoms with E-state index in [9.17, 15) is 0 Å². The molecule has 1 aliphatic rings. The summed E-state index contributed by atoms with van der Waals surface area (Å²) in [5.41, 5.74) is 6.44. The van der Waals surface area contributed by atoms with Crippen LogP contribution in [0.3, 0.4) is 0 Å². The van der Waals surface area contributed by atoms with Gasteiger partial charge in [0.1, 0.15) is 5.76 Å². The van der Waals surface area contributed by atoms with Crippen LogP contribution in [-0.4, -0.2) is 10.1 Å². The summed E-state index contributed by atoms with van der Waals surface area (Å²) in [7, 11) is 0. The van der Waals surface area contributed by atoms with Crippen LogP contribution in [0.2, 0.25) is 0 Å². The van der Waals surface area contributed by atoms with Gasteiger partial charge in [-0.15, -0.1) is 0 Å². The van der Waals surface area contributed by atoms with Crippen LogP contribution in [0.5, 0.6) is 0 Å². The van der Waals surface area contributed by atoms with E-state index < -0.39 is 0 Å². The first-order valence-electron chi connectivity index (χ1n) is 4.87. The molecule has 2 N–H and O–H groups in total. The van der Waals surface area contributed by atoms with Gasteiger partial charge in [-0.25, -0.2) is 0 Å². The monoisotopic (exact) mass is 205 g/mol. The van der Waals surface area contributed by atoms with Crippen LogP contribution in [-0.2, 0) is 5.54 Å². The second-order valence-corrected chi connectivity index (χ2v) is 3.97. The van der Waals surface area contributed by atoms with Gasteiger partial charge >= 0.3 is 0 Å². The molecule has 0 saturated heterocycles. The molecule has 78 valence electrons. The van der Waals surface area contributed by atoms with Crippen LogP contribution in [0.15, 0.2) is 21.3 Å². The normalized spacial score (nSPS) is 18.0. The molecule has 2 heterocycles. The third-order valence-corrected chi connectivity index (χ3v) is 2.74. The Labute approximate surface area is 86.3 Å². The Kier molecular flexibility index (Phi) is 1.56. The molecule has 0 amide bonds. The summed E-state index contributed by atoms with van der Waals surface area (Å²) in [6, 6.07) is 1.82. The van der Waals surface area contributed by atoms with E-state index >= 15 is 0 Å². The number of aryl methyl sites for hydroxylation is 1. The van der Waals surface area contributed by atoms with E-state index in [4.69, 9.17) is 14.7 Å². The van der Waals surface area contributed by atoms with Crippen molar-refractivity contribution in [3.63, 3.8) is 0 Å². The van der Waals surface area contributed by atoms with E-state index in [-0.39, 0.29) is 5.54 Å². The van der Waals surface area contributed by atoms with Gasteiger partial charge in [0, 0.05) is 0 Å². The zero-order valence-electron chi connectivity index (χ0n) is 8.36. The molecule has 1 aliphatic carbocycles. The molecule has 0 radical (unpaired) electrons. The Morgan fingerprint density at radius 1 is 1.47 bits per heavy atom. The number of rotatable bonds is 2. The largest absolute Gasteiger partial charge is 0.469 e. The summed E-state index contributed by atoms with van der Waals surface area (Å²) >= 11 is 0. The first-order valence-corrected chi connectivity index (χ1v) is 4.87. The predicted molar refractivity (Wildman–Crippen MR) is 51.8 cm³/mol. The number of hydrogen-bond donors (Lipinski definition) is 1. The third kappa shape index (κ3) is 1.27. The van der Waals surface area contributed by atoms with Crippen molar-refractivity contribution in [1.29, 1.82) is 0 Å². The molecular formula is C10H11N3O2. The molecule has 5 nitrogen and oxygen atoms in total. The van der Waals surface area contributed by atoms with Crippen molar-refractivity contribution in [2.75, 3.05) is 0 Å². The minimum atomic E-state index is -0.372. The van der Waals surface area contributed by atoms with E-state index in [1.807, 2.05) is 13.0 Å². The Morgan fingerprint density at radius 2 is 2.27 bits per heavy atom. The minimum absolute atomic E-state index is 0.372. The molecule has 0 unspecified atom stereocenters. The molecule has 0 aromatic carbocycles. The first-order chi connectivity index (χ1) is 7.19. The average Bonchev–Trinajstić information content (AvgIpc) is 2.70. The minimum Gasteiger partial charge on any atom is -0.469 e. The van der Waals surface area contributed by atoms with Crippen molar-refractivity contribution in [2.45, 2.75) is 25.3 Å². The quantitative estimate of drug-likeness (QED) is 0.805. The summed E-state index contributed by atoms with van der Waals surface area (Å²) in [6.07, 6.45) is 3.44. The Hall–Kier alpha value is -1.62. The highest BCUT2D eigenvalue weighted by Gasteiger charge is 2.45. The van der Waals surface area contributed by atoms with Crippen molar-refractivity contribution in [1.82, 2.24) is 10.1 Å². The number of hydrogen-bond acceptors (Lipinski definition) is 5. The van der Waals surface area contributed by atoms with Gasteiger partial charge in [-0.2, -0.15) is 4.98 Å². The number of nitrogens with zero attached hydrogens (tertiary/aromatic N) is 2. The lowest BCUT2D eigenvalue weighted by Crippen LogP contribution is -2.18. The van der Waals surface area contributed by atoms with E-state index in [2.05, 4.69) is 10.1 Å². The van der Waals surface area contributed by atoms with E-state index in [0.717, 1.165) is 24.2 Å². The number of nitrogens with two attached hydrogens (primary N) is 1.